The van der Waals surface area contributed by atoms with Gasteiger partial charge in [-0.25, -0.2) is 0 Å². The van der Waals surface area contributed by atoms with E-state index >= 15 is 0 Å². The fourth-order valence-corrected chi connectivity index (χ4v) is 3.35. The lowest BCUT2D eigenvalue weighted by Gasteiger charge is -2.38. The molecule has 2 aromatic heterocycles. The Hall–Kier alpha value is -2.71. The van der Waals surface area contributed by atoms with Crippen molar-refractivity contribution in [3.63, 3.8) is 0 Å². The highest BCUT2D eigenvalue weighted by molar-refractivity contribution is 5.92. The number of hydrogen-bond donors (Lipinski definition) is 0. The molecule has 0 saturated carbocycles. The number of aryl methyl sites for hydroxylation is 2. The standard InChI is InChI=1S/C17H24N6O3/c1-12-18-16(20-26-12)7-10-23(13(2)24)14-5-4-8-22(11-14)17(25)15-6-9-21(3)19-15/h6,9,14H,4-5,7-8,10-11H2,1-3H3. The number of amides is 2. The number of carbonyl (C=O) groups is 2. The van der Waals surface area contributed by atoms with Crippen molar-refractivity contribution in [3.8, 4) is 0 Å². The van der Waals surface area contributed by atoms with Crippen molar-refractivity contribution in [3.05, 3.63) is 29.7 Å². The quantitative estimate of drug-likeness (QED) is 0.783. The minimum absolute atomic E-state index is 0.0117. The van der Waals surface area contributed by atoms with Gasteiger partial charge in [0.05, 0.1) is 0 Å². The Bertz CT molecular complexity index is 783. The number of hydrogen-bond acceptors (Lipinski definition) is 6. The van der Waals surface area contributed by atoms with Gasteiger partial charge >= 0.3 is 0 Å². The molecule has 3 heterocycles. The highest BCUT2D eigenvalue weighted by atomic mass is 16.5. The molecule has 1 aliphatic rings. The molecule has 1 aliphatic heterocycles. The van der Waals surface area contributed by atoms with E-state index in [1.165, 1.54) is 0 Å². The minimum Gasteiger partial charge on any atom is -0.340 e. The van der Waals surface area contributed by atoms with Gasteiger partial charge < -0.3 is 14.3 Å². The van der Waals surface area contributed by atoms with Crippen LogP contribution in [-0.2, 0) is 18.3 Å². The van der Waals surface area contributed by atoms with Gasteiger partial charge in [0, 0.05) is 59.2 Å². The Balaban J connectivity index is 1.65. The second-order valence-electron chi connectivity index (χ2n) is 6.61. The van der Waals surface area contributed by atoms with Gasteiger partial charge in [0.2, 0.25) is 11.8 Å². The van der Waals surface area contributed by atoms with E-state index in [0.717, 1.165) is 12.8 Å². The van der Waals surface area contributed by atoms with Gasteiger partial charge in [0.1, 0.15) is 5.69 Å². The largest absolute Gasteiger partial charge is 0.340 e. The summed E-state index contributed by atoms with van der Waals surface area (Å²) in [6.07, 6.45) is 4.01. The number of likely N-dealkylation sites (tertiary alicyclic amines) is 1. The molecule has 0 N–H and O–H groups in total. The summed E-state index contributed by atoms with van der Waals surface area (Å²) in [6.45, 7) is 5.00. The number of aromatic nitrogens is 4. The van der Waals surface area contributed by atoms with Crippen LogP contribution in [0.4, 0.5) is 0 Å². The molecule has 1 saturated heterocycles. The van der Waals surface area contributed by atoms with E-state index in [1.54, 1.807) is 42.7 Å². The molecule has 1 fully saturated rings. The first kappa shape index (κ1) is 18.1. The maximum atomic E-state index is 12.6. The Morgan fingerprint density at radius 2 is 2.23 bits per heavy atom. The average Bonchev–Trinajstić information content (AvgIpc) is 3.23. The molecule has 0 spiro atoms. The number of nitrogens with zero attached hydrogens (tertiary/aromatic N) is 6. The van der Waals surface area contributed by atoms with Crippen LogP contribution in [0.2, 0.25) is 0 Å². The monoisotopic (exact) mass is 360 g/mol. The number of rotatable bonds is 5. The van der Waals surface area contributed by atoms with Crippen molar-refractivity contribution in [2.45, 2.75) is 39.2 Å². The van der Waals surface area contributed by atoms with Gasteiger partial charge in [-0.3, -0.25) is 14.3 Å². The molecule has 26 heavy (non-hydrogen) atoms. The summed E-state index contributed by atoms with van der Waals surface area (Å²) in [5.41, 5.74) is 0.435. The van der Waals surface area contributed by atoms with Crippen molar-refractivity contribution < 1.29 is 14.1 Å². The Kier molecular flexibility index (Phi) is 5.34. The molecule has 0 bridgehead atoms. The summed E-state index contributed by atoms with van der Waals surface area (Å²) in [5.74, 6) is 1.00. The topological polar surface area (TPSA) is 97.4 Å². The molecule has 9 heteroatoms. The minimum atomic E-state index is -0.0902. The lowest BCUT2D eigenvalue weighted by atomic mass is 10.0. The van der Waals surface area contributed by atoms with E-state index in [9.17, 15) is 9.59 Å². The SMILES string of the molecule is CC(=O)N(CCc1noc(C)n1)C1CCCN(C(=O)c2ccn(C)n2)C1. The van der Waals surface area contributed by atoms with E-state index in [4.69, 9.17) is 4.52 Å². The molecule has 2 aromatic rings. The van der Waals surface area contributed by atoms with Crippen LogP contribution >= 0.6 is 0 Å². The molecule has 0 aromatic carbocycles. The summed E-state index contributed by atoms with van der Waals surface area (Å²) in [6, 6.07) is 1.70. The summed E-state index contributed by atoms with van der Waals surface area (Å²) in [4.78, 5) is 32.6. The van der Waals surface area contributed by atoms with Crippen LogP contribution in [0.5, 0.6) is 0 Å². The zero-order valence-electron chi connectivity index (χ0n) is 15.4. The van der Waals surface area contributed by atoms with Crippen LogP contribution < -0.4 is 0 Å². The molecule has 1 unspecified atom stereocenters. The first-order chi connectivity index (χ1) is 12.4. The molecule has 0 radical (unpaired) electrons. The highest BCUT2D eigenvalue weighted by Gasteiger charge is 2.30. The maximum Gasteiger partial charge on any atom is 0.274 e. The van der Waals surface area contributed by atoms with Gasteiger partial charge in [0.25, 0.3) is 5.91 Å². The van der Waals surface area contributed by atoms with E-state index in [1.807, 2.05) is 4.90 Å². The van der Waals surface area contributed by atoms with Gasteiger partial charge in [-0.05, 0) is 18.9 Å². The lowest BCUT2D eigenvalue weighted by Crippen LogP contribution is -2.51. The summed E-state index contributed by atoms with van der Waals surface area (Å²) in [5, 5.41) is 8.07. The van der Waals surface area contributed by atoms with Gasteiger partial charge in [-0.1, -0.05) is 5.16 Å². The predicted molar refractivity (Wildman–Crippen MR) is 92.3 cm³/mol. The average molecular weight is 360 g/mol. The highest BCUT2D eigenvalue weighted by Crippen LogP contribution is 2.18. The second kappa shape index (κ2) is 7.67. The molecular formula is C17H24N6O3. The molecule has 3 rings (SSSR count). The fraction of sp³-hybridized carbons (Fsp3) is 0.588. The molecular weight excluding hydrogens is 336 g/mol. The van der Waals surface area contributed by atoms with Crippen LogP contribution in [-0.4, -0.2) is 67.2 Å². The number of piperidine rings is 1. The zero-order chi connectivity index (χ0) is 18.7. The predicted octanol–water partition coefficient (Wildman–Crippen LogP) is 0.807. The second-order valence-corrected chi connectivity index (χ2v) is 6.61. The smallest absolute Gasteiger partial charge is 0.274 e. The third kappa shape index (κ3) is 4.09. The molecule has 9 nitrogen and oxygen atoms in total. The summed E-state index contributed by atoms with van der Waals surface area (Å²) in [7, 11) is 1.78. The van der Waals surface area contributed by atoms with E-state index < -0.39 is 0 Å². The Morgan fingerprint density at radius 3 is 2.85 bits per heavy atom. The van der Waals surface area contributed by atoms with Gasteiger partial charge in [0.15, 0.2) is 5.82 Å². The van der Waals surface area contributed by atoms with Crippen LogP contribution in [0.25, 0.3) is 0 Å². The first-order valence-electron chi connectivity index (χ1n) is 8.79. The molecule has 140 valence electrons. The third-order valence-corrected chi connectivity index (χ3v) is 4.61. The number of carbonyl (C=O) groups excluding carboxylic acids is 2. The van der Waals surface area contributed by atoms with Crippen LogP contribution in [0.3, 0.4) is 0 Å². The first-order valence-corrected chi connectivity index (χ1v) is 8.79. The van der Waals surface area contributed by atoms with Crippen molar-refractivity contribution >= 4 is 11.8 Å². The summed E-state index contributed by atoms with van der Waals surface area (Å²) < 4.78 is 6.59. The lowest BCUT2D eigenvalue weighted by molar-refractivity contribution is -0.132. The van der Waals surface area contributed by atoms with E-state index in [2.05, 4.69) is 15.2 Å². The van der Waals surface area contributed by atoms with Crippen molar-refractivity contribution in [1.29, 1.82) is 0 Å². The van der Waals surface area contributed by atoms with Crippen LogP contribution in [0.1, 0.15) is 42.0 Å². The fourth-order valence-electron chi connectivity index (χ4n) is 3.35. The van der Waals surface area contributed by atoms with Crippen molar-refractivity contribution in [2.75, 3.05) is 19.6 Å². The van der Waals surface area contributed by atoms with Gasteiger partial charge in [-0.15, -0.1) is 0 Å². The van der Waals surface area contributed by atoms with E-state index in [0.29, 0.717) is 43.5 Å². The van der Waals surface area contributed by atoms with Crippen molar-refractivity contribution in [1.82, 2.24) is 29.7 Å². The van der Waals surface area contributed by atoms with Crippen LogP contribution in [0, 0.1) is 6.92 Å². The van der Waals surface area contributed by atoms with Crippen LogP contribution in [0.15, 0.2) is 16.8 Å². The molecule has 1 atom stereocenters. The molecule has 2 amide bonds. The van der Waals surface area contributed by atoms with Crippen molar-refractivity contribution in [2.24, 2.45) is 7.05 Å². The maximum absolute atomic E-state index is 12.6. The Labute approximate surface area is 151 Å². The zero-order valence-corrected chi connectivity index (χ0v) is 15.4. The summed E-state index contributed by atoms with van der Waals surface area (Å²) >= 11 is 0. The van der Waals surface area contributed by atoms with E-state index in [-0.39, 0.29) is 17.9 Å². The normalized spacial score (nSPS) is 17.3. The Morgan fingerprint density at radius 1 is 1.42 bits per heavy atom. The molecule has 0 aliphatic carbocycles. The van der Waals surface area contributed by atoms with Gasteiger partial charge in [-0.2, -0.15) is 10.1 Å². The third-order valence-electron chi connectivity index (χ3n) is 4.61.